The lowest BCUT2D eigenvalue weighted by atomic mass is 10.1. The molecule has 0 radical (unpaired) electrons. The minimum Gasteiger partial charge on any atom is -0.355 e. The second-order valence-electron chi connectivity index (χ2n) is 4.48. The first-order valence-electron chi connectivity index (χ1n) is 6.88. The third-order valence-electron chi connectivity index (χ3n) is 2.97. The summed E-state index contributed by atoms with van der Waals surface area (Å²) in [4.78, 5) is 23.2. The van der Waals surface area contributed by atoms with E-state index >= 15 is 0 Å². The number of nitrogens with one attached hydrogen (secondary N) is 2. The van der Waals surface area contributed by atoms with E-state index in [2.05, 4.69) is 26.6 Å². The number of para-hydroxylation sites is 1. The van der Waals surface area contributed by atoms with Gasteiger partial charge < -0.3 is 10.6 Å². The van der Waals surface area contributed by atoms with Crippen LogP contribution in [0.3, 0.4) is 0 Å². The molecule has 0 aliphatic heterocycles. The van der Waals surface area contributed by atoms with Gasteiger partial charge in [-0.2, -0.15) is 0 Å². The highest BCUT2D eigenvalue weighted by molar-refractivity contribution is 9.10. The van der Waals surface area contributed by atoms with E-state index in [9.17, 15) is 9.59 Å². The topological polar surface area (TPSA) is 58.2 Å². The molecule has 20 heavy (non-hydrogen) atoms. The van der Waals surface area contributed by atoms with Crippen LogP contribution in [-0.2, 0) is 16.0 Å². The number of alkyl halides is 1. The summed E-state index contributed by atoms with van der Waals surface area (Å²) in [5.74, 6) is -0.164. The van der Waals surface area contributed by atoms with E-state index in [0.29, 0.717) is 6.54 Å². The highest BCUT2D eigenvalue weighted by Gasteiger charge is 2.12. The average molecular weight is 341 g/mol. The number of benzene rings is 1. The molecule has 1 rings (SSSR count). The van der Waals surface area contributed by atoms with E-state index in [-0.39, 0.29) is 23.1 Å². The number of aryl methyl sites for hydroxylation is 1. The Labute approximate surface area is 128 Å². The summed E-state index contributed by atoms with van der Waals surface area (Å²) in [7, 11) is 0. The molecule has 5 heteroatoms. The summed E-state index contributed by atoms with van der Waals surface area (Å²) in [5, 5.41) is 5.61. The van der Waals surface area contributed by atoms with Gasteiger partial charge in [0.1, 0.15) is 0 Å². The van der Waals surface area contributed by atoms with Gasteiger partial charge in [-0.05, 0) is 24.5 Å². The zero-order valence-corrected chi connectivity index (χ0v) is 13.5. The number of hydrogen-bond acceptors (Lipinski definition) is 2. The quantitative estimate of drug-likeness (QED) is 0.750. The van der Waals surface area contributed by atoms with Gasteiger partial charge in [-0.15, -0.1) is 0 Å². The molecule has 1 atom stereocenters. The Bertz CT molecular complexity index is 463. The molecular formula is C15H21BrN2O2. The third kappa shape index (κ3) is 5.33. The molecule has 4 nitrogen and oxygen atoms in total. The molecule has 1 unspecified atom stereocenters. The Kier molecular flexibility index (Phi) is 7.30. The standard InChI is InChI=1S/C15H21BrN2O2/c1-3-11-7-5-6-8-13(11)18-14(19)9-10-17-15(20)12(16)4-2/h5-8,12H,3-4,9-10H2,1-2H3,(H,17,20)(H,18,19). The maximum absolute atomic E-state index is 11.8. The van der Waals surface area contributed by atoms with Crippen molar-refractivity contribution in [2.45, 2.75) is 37.9 Å². The normalized spacial score (nSPS) is 11.8. The van der Waals surface area contributed by atoms with Crippen LogP contribution in [0, 0.1) is 0 Å². The van der Waals surface area contributed by atoms with Crippen LogP contribution in [0.5, 0.6) is 0 Å². The van der Waals surface area contributed by atoms with Crippen molar-refractivity contribution in [3.05, 3.63) is 29.8 Å². The Morgan fingerprint density at radius 3 is 2.60 bits per heavy atom. The second kappa shape index (κ2) is 8.74. The van der Waals surface area contributed by atoms with Gasteiger partial charge in [0, 0.05) is 18.7 Å². The largest absolute Gasteiger partial charge is 0.355 e. The number of halogens is 1. The lowest BCUT2D eigenvalue weighted by Crippen LogP contribution is -2.33. The van der Waals surface area contributed by atoms with E-state index in [1.165, 1.54) is 0 Å². The van der Waals surface area contributed by atoms with Crippen LogP contribution in [0.15, 0.2) is 24.3 Å². The van der Waals surface area contributed by atoms with Crippen molar-refractivity contribution in [2.75, 3.05) is 11.9 Å². The molecule has 0 aliphatic carbocycles. The molecule has 1 aromatic rings. The fourth-order valence-electron chi connectivity index (χ4n) is 1.76. The summed E-state index contributed by atoms with van der Waals surface area (Å²) >= 11 is 3.27. The monoisotopic (exact) mass is 340 g/mol. The van der Waals surface area contributed by atoms with E-state index in [1.54, 1.807) is 0 Å². The highest BCUT2D eigenvalue weighted by atomic mass is 79.9. The Hall–Kier alpha value is -1.36. The number of rotatable bonds is 7. The summed E-state index contributed by atoms with van der Waals surface area (Å²) in [5.41, 5.74) is 1.95. The Morgan fingerprint density at radius 2 is 1.95 bits per heavy atom. The van der Waals surface area contributed by atoms with Crippen LogP contribution >= 0.6 is 15.9 Å². The van der Waals surface area contributed by atoms with Gasteiger partial charge in [-0.3, -0.25) is 9.59 Å². The number of carbonyl (C=O) groups is 2. The molecule has 110 valence electrons. The molecule has 0 bridgehead atoms. The van der Waals surface area contributed by atoms with Gasteiger partial charge >= 0.3 is 0 Å². The van der Waals surface area contributed by atoms with Crippen molar-refractivity contribution in [3.63, 3.8) is 0 Å². The fraction of sp³-hybridized carbons (Fsp3) is 0.467. The predicted molar refractivity (Wildman–Crippen MR) is 85.1 cm³/mol. The fourth-order valence-corrected chi connectivity index (χ4v) is 1.92. The van der Waals surface area contributed by atoms with Crippen LogP contribution in [-0.4, -0.2) is 23.2 Å². The number of carbonyl (C=O) groups excluding carboxylic acids is 2. The van der Waals surface area contributed by atoms with Gasteiger partial charge in [0.15, 0.2) is 0 Å². The van der Waals surface area contributed by atoms with Crippen LogP contribution in [0.1, 0.15) is 32.3 Å². The molecule has 0 aliphatic rings. The summed E-state index contributed by atoms with van der Waals surface area (Å²) in [6.45, 7) is 4.32. The van der Waals surface area contributed by atoms with Crippen LogP contribution in [0.25, 0.3) is 0 Å². The van der Waals surface area contributed by atoms with Crippen LogP contribution < -0.4 is 10.6 Å². The first kappa shape index (κ1) is 16.7. The molecule has 0 aromatic heterocycles. The number of amides is 2. The van der Waals surface area contributed by atoms with Crippen molar-refractivity contribution in [3.8, 4) is 0 Å². The zero-order chi connectivity index (χ0) is 15.0. The maximum atomic E-state index is 11.8. The summed E-state index contributed by atoms with van der Waals surface area (Å²) < 4.78 is 0. The highest BCUT2D eigenvalue weighted by Crippen LogP contribution is 2.15. The molecule has 1 aromatic carbocycles. The molecule has 0 fully saturated rings. The Balaban J connectivity index is 2.39. The molecule has 2 amide bonds. The zero-order valence-electron chi connectivity index (χ0n) is 11.9. The smallest absolute Gasteiger partial charge is 0.233 e. The molecule has 0 saturated carbocycles. The van der Waals surface area contributed by atoms with Crippen molar-refractivity contribution in [2.24, 2.45) is 0 Å². The Morgan fingerprint density at radius 1 is 1.25 bits per heavy atom. The van der Waals surface area contributed by atoms with Crippen LogP contribution in [0.2, 0.25) is 0 Å². The molecule has 0 heterocycles. The summed E-state index contributed by atoms with van der Waals surface area (Å²) in [6.07, 6.45) is 1.87. The van der Waals surface area contributed by atoms with Crippen molar-refractivity contribution < 1.29 is 9.59 Å². The minimum absolute atomic E-state index is 0.0748. The van der Waals surface area contributed by atoms with Crippen LogP contribution in [0.4, 0.5) is 5.69 Å². The molecule has 0 spiro atoms. The average Bonchev–Trinajstić information content (AvgIpc) is 2.46. The first-order chi connectivity index (χ1) is 9.58. The SMILES string of the molecule is CCc1ccccc1NC(=O)CCNC(=O)C(Br)CC. The van der Waals surface area contributed by atoms with Gasteiger partial charge in [-0.1, -0.05) is 48.0 Å². The van der Waals surface area contributed by atoms with E-state index in [4.69, 9.17) is 0 Å². The van der Waals surface area contributed by atoms with Gasteiger partial charge in [0.05, 0.1) is 4.83 Å². The van der Waals surface area contributed by atoms with Crippen molar-refractivity contribution >= 4 is 33.4 Å². The molecule has 0 saturated heterocycles. The lowest BCUT2D eigenvalue weighted by Gasteiger charge is -2.11. The lowest BCUT2D eigenvalue weighted by molar-refractivity contribution is -0.120. The second-order valence-corrected chi connectivity index (χ2v) is 5.58. The van der Waals surface area contributed by atoms with Crippen molar-refractivity contribution in [1.82, 2.24) is 5.32 Å². The van der Waals surface area contributed by atoms with Gasteiger partial charge in [-0.25, -0.2) is 0 Å². The minimum atomic E-state index is -0.189. The first-order valence-corrected chi connectivity index (χ1v) is 7.79. The van der Waals surface area contributed by atoms with Gasteiger partial charge in [0.25, 0.3) is 0 Å². The molecular weight excluding hydrogens is 320 g/mol. The van der Waals surface area contributed by atoms with E-state index < -0.39 is 0 Å². The number of anilines is 1. The van der Waals surface area contributed by atoms with E-state index in [1.807, 2.05) is 38.1 Å². The maximum Gasteiger partial charge on any atom is 0.233 e. The number of hydrogen-bond donors (Lipinski definition) is 2. The van der Waals surface area contributed by atoms with Crippen molar-refractivity contribution in [1.29, 1.82) is 0 Å². The van der Waals surface area contributed by atoms with E-state index in [0.717, 1.165) is 24.1 Å². The molecule has 2 N–H and O–H groups in total. The summed E-state index contributed by atoms with van der Waals surface area (Å²) in [6, 6.07) is 7.73. The van der Waals surface area contributed by atoms with Gasteiger partial charge in [0.2, 0.25) is 11.8 Å². The third-order valence-corrected chi connectivity index (χ3v) is 4.03. The predicted octanol–water partition coefficient (Wildman–Crippen LogP) is 2.87.